The number of carbonyl (C=O) groups excluding carboxylic acids is 1. The molecule has 0 spiro atoms. The molecule has 1 amide bonds. The molecule has 0 aliphatic heterocycles. The summed E-state index contributed by atoms with van der Waals surface area (Å²) in [4.78, 5) is 23.3. The van der Waals surface area contributed by atoms with E-state index in [2.05, 4.69) is 5.32 Å². The van der Waals surface area contributed by atoms with Gasteiger partial charge in [0.05, 0.1) is 17.9 Å². The number of aliphatic hydroxyl groups is 1. The van der Waals surface area contributed by atoms with E-state index in [0.717, 1.165) is 32.1 Å². The van der Waals surface area contributed by atoms with Gasteiger partial charge in [0.2, 0.25) is 5.91 Å². The van der Waals surface area contributed by atoms with Crippen molar-refractivity contribution in [2.45, 2.75) is 51.0 Å². The molecule has 2 unspecified atom stereocenters. The van der Waals surface area contributed by atoms with Gasteiger partial charge >= 0.3 is 5.97 Å². The number of nitrogens with one attached hydrogen (secondary N) is 1. The van der Waals surface area contributed by atoms with Crippen molar-refractivity contribution in [3.63, 3.8) is 0 Å². The fraction of sp³-hybridized carbons (Fsp3) is 0.857. The minimum atomic E-state index is -0.860. The van der Waals surface area contributed by atoms with Gasteiger partial charge in [-0.25, -0.2) is 0 Å². The molecule has 4 atom stereocenters. The average molecular weight is 269 g/mol. The molecule has 3 N–H and O–H groups in total. The highest BCUT2D eigenvalue weighted by atomic mass is 16.4. The second kappa shape index (κ2) is 6.37. The molecule has 2 saturated carbocycles. The molecule has 2 rings (SSSR count). The number of rotatable bonds is 4. The third-order valence-corrected chi connectivity index (χ3v) is 4.58. The number of aliphatic hydroxyl groups excluding tert-OH is 1. The van der Waals surface area contributed by atoms with E-state index in [1.54, 1.807) is 0 Å². The Hall–Kier alpha value is -1.10. The van der Waals surface area contributed by atoms with Crippen LogP contribution >= 0.6 is 0 Å². The molecule has 0 saturated heterocycles. The maximum absolute atomic E-state index is 12.1. The predicted molar refractivity (Wildman–Crippen MR) is 69.4 cm³/mol. The fourth-order valence-corrected chi connectivity index (χ4v) is 3.36. The van der Waals surface area contributed by atoms with E-state index in [9.17, 15) is 14.7 Å². The van der Waals surface area contributed by atoms with E-state index < -0.39 is 17.8 Å². The minimum absolute atomic E-state index is 0.135. The van der Waals surface area contributed by atoms with Crippen molar-refractivity contribution in [2.75, 3.05) is 6.54 Å². The molecule has 2 aliphatic carbocycles. The first-order valence-electron chi connectivity index (χ1n) is 7.28. The standard InChI is InChI=1S/C14H23NO4/c16-12-7-3-4-9(12)8-15-13(17)10-5-1-2-6-11(10)14(18)19/h9-12,16H,1-8H2,(H,15,17)(H,18,19)/t9?,10-,11+,12?/m1/s1. The topological polar surface area (TPSA) is 86.6 Å². The number of carboxylic acid groups (broad SMARTS) is 1. The van der Waals surface area contributed by atoms with Crippen LogP contribution in [-0.2, 0) is 9.59 Å². The molecule has 5 nitrogen and oxygen atoms in total. The maximum Gasteiger partial charge on any atom is 0.307 e. The fourth-order valence-electron chi connectivity index (χ4n) is 3.36. The van der Waals surface area contributed by atoms with Crippen molar-refractivity contribution in [2.24, 2.45) is 17.8 Å². The molecule has 0 radical (unpaired) electrons. The Bertz CT molecular complexity index is 344. The van der Waals surface area contributed by atoms with E-state index in [-0.39, 0.29) is 17.9 Å². The lowest BCUT2D eigenvalue weighted by Gasteiger charge is -2.28. The van der Waals surface area contributed by atoms with Gasteiger partial charge in [0.15, 0.2) is 0 Å². The van der Waals surface area contributed by atoms with Gasteiger partial charge in [0.1, 0.15) is 0 Å². The summed E-state index contributed by atoms with van der Waals surface area (Å²) in [6.07, 6.45) is 5.51. The molecule has 2 fully saturated rings. The molecule has 0 aromatic rings. The van der Waals surface area contributed by atoms with Crippen LogP contribution in [-0.4, -0.2) is 34.7 Å². The molecular weight excluding hydrogens is 246 g/mol. The summed E-state index contributed by atoms with van der Waals surface area (Å²) in [5.74, 6) is -1.81. The van der Waals surface area contributed by atoms with Gasteiger partial charge in [0, 0.05) is 12.5 Å². The van der Waals surface area contributed by atoms with Crippen LogP contribution in [0, 0.1) is 17.8 Å². The van der Waals surface area contributed by atoms with Gasteiger partial charge in [0.25, 0.3) is 0 Å². The second-order valence-electron chi connectivity index (χ2n) is 5.84. The summed E-state index contributed by atoms with van der Waals surface area (Å²) in [5, 5.41) is 21.7. The molecule has 19 heavy (non-hydrogen) atoms. The van der Waals surface area contributed by atoms with Gasteiger partial charge in [-0.3, -0.25) is 9.59 Å². The molecule has 0 aromatic heterocycles. The molecule has 0 aromatic carbocycles. The van der Waals surface area contributed by atoms with E-state index >= 15 is 0 Å². The molecule has 2 aliphatic rings. The van der Waals surface area contributed by atoms with Crippen LogP contribution in [0.3, 0.4) is 0 Å². The Morgan fingerprint density at radius 1 is 1.00 bits per heavy atom. The molecule has 108 valence electrons. The van der Waals surface area contributed by atoms with Gasteiger partial charge in [-0.1, -0.05) is 19.3 Å². The van der Waals surface area contributed by atoms with Crippen LogP contribution in [0.4, 0.5) is 0 Å². The lowest BCUT2D eigenvalue weighted by molar-refractivity contribution is -0.149. The summed E-state index contributed by atoms with van der Waals surface area (Å²) in [6, 6.07) is 0. The van der Waals surface area contributed by atoms with Crippen LogP contribution in [0.5, 0.6) is 0 Å². The van der Waals surface area contributed by atoms with Crippen LogP contribution in [0.2, 0.25) is 0 Å². The second-order valence-corrected chi connectivity index (χ2v) is 5.84. The summed E-state index contributed by atoms with van der Waals surface area (Å²) in [6.45, 7) is 0.475. The molecular formula is C14H23NO4. The number of hydrogen-bond donors (Lipinski definition) is 3. The average Bonchev–Trinajstić information content (AvgIpc) is 2.81. The maximum atomic E-state index is 12.1. The van der Waals surface area contributed by atoms with E-state index in [0.29, 0.717) is 19.4 Å². The Labute approximate surface area is 113 Å². The Morgan fingerprint density at radius 3 is 2.26 bits per heavy atom. The summed E-state index contributed by atoms with van der Waals surface area (Å²) in [5.41, 5.74) is 0. The molecule has 0 heterocycles. The highest BCUT2D eigenvalue weighted by Gasteiger charge is 2.36. The largest absolute Gasteiger partial charge is 0.481 e. The Kier molecular flexibility index (Phi) is 4.80. The summed E-state index contributed by atoms with van der Waals surface area (Å²) in [7, 11) is 0. The number of amides is 1. The van der Waals surface area contributed by atoms with Crippen molar-refractivity contribution in [3.05, 3.63) is 0 Å². The molecule has 0 bridgehead atoms. The highest BCUT2D eigenvalue weighted by Crippen LogP contribution is 2.31. The number of carboxylic acids is 1. The van der Waals surface area contributed by atoms with E-state index in [1.165, 1.54) is 0 Å². The first-order chi connectivity index (χ1) is 9.09. The third-order valence-electron chi connectivity index (χ3n) is 4.58. The van der Waals surface area contributed by atoms with E-state index in [4.69, 9.17) is 5.11 Å². The third kappa shape index (κ3) is 3.47. The van der Waals surface area contributed by atoms with Crippen LogP contribution in [0.1, 0.15) is 44.9 Å². The minimum Gasteiger partial charge on any atom is -0.481 e. The van der Waals surface area contributed by atoms with Crippen molar-refractivity contribution in [3.8, 4) is 0 Å². The summed E-state index contributed by atoms with van der Waals surface area (Å²) >= 11 is 0. The van der Waals surface area contributed by atoms with Crippen molar-refractivity contribution >= 4 is 11.9 Å². The number of aliphatic carboxylic acids is 1. The first kappa shape index (κ1) is 14.3. The quantitative estimate of drug-likeness (QED) is 0.714. The first-order valence-corrected chi connectivity index (χ1v) is 7.28. The predicted octanol–water partition coefficient (Wildman–Crippen LogP) is 1.15. The van der Waals surface area contributed by atoms with Gasteiger partial charge < -0.3 is 15.5 Å². The van der Waals surface area contributed by atoms with E-state index in [1.807, 2.05) is 0 Å². The number of carbonyl (C=O) groups is 2. The monoisotopic (exact) mass is 269 g/mol. The van der Waals surface area contributed by atoms with Gasteiger partial charge in [-0.2, -0.15) is 0 Å². The number of hydrogen-bond acceptors (Lipinski definition) is 3. The zero-order valence-corrected chi connectivity index (χ0v) is 11.2. The lowest BCUT2D eigenvalue weighted by atomic mass is 9.78. The SMILES string of the molecule is O=C(O)[C@H]1CCCC[C@H]1C(=O)NCC1CCCC1O. The van der Waals surface area contributed by atoms with Crippen LogP contribution < -0.4 is 5.32 Å². The smallest absolute Gasteiger partial charge is 0.307 e. The lowest BCUT2D eigenvalue weighted by Crippen LogP contribution is -2.42. The van der Waals surface area contributed by atoms with Crippen LogP contribution in [0.25, 0.3) is 0 Å². The molecule has 5 heteroatoms. The normalized spacial score (nSPS) is 35.0. The zero-order chi connectivity index (χ0) is 13.8. The Morgan fingerprint density at radius 2 is 1.68 bits per heavy atom. The Balaban J connectivity index is 1.85. The van der Waals surface area contributed by atoms with Gasteiger partial charge in [-0.15, -0.1) is 0 Å². The zero-order valence-electron chi connectivity index (χ0n) is 11.2. The van der Waals surface area contributed by atoms with Crippen LogP contribution in [0.15, 0.2) is 0 Å². The van der Waals surface area contributed by atoms with Crippen molar-refractivity contribution < 1.29 is 19.8 Å². The van der Waals surface area contributed by atoms with Crippen molar-refractivity contribution in [1.82, 2.24) is 5.32 Å². The summed E-state index contributed by atoms with van der Waals surface area (Å²) < 4.78 is 0. The van der Waals surface area contributed by atoms with Crippen molar-refractivity contribution in [1.29, 1.82) is 0 Å². The van der Waals surface area contributed by atoms with Gasteiger partial charge in [-0.05, 0) is 25.7 Å². The highest BCUT2D eigenvalue weighted by molar-refractivity contribution is 5.84.